The number of fused-ring (bicyclic) bond motifs is 1. The number of thioether (sulfide) groups is 1. The van der Waals surface area contributed by atoms with E-state index in [1.807, 2.05) is 56.3 Å². The van der Waals surface area contributed by atoms with Crippen LogP contribution in [0.5, 0.6) is 0 Å². The quantitative estimate of drug-likeness (QED) is 0.420. The van der Waals surface area contributed by atoms with E-state index in [-0.39, 0.29) is 23.3 Å². The number of halogens is 1. The molecule has 3 aromatic rings. The lowest BCUT2D eigenvalue weighted by Crippen LogP contribution is -2.29. The second-order valence-electron chi connectivity index (χ2n) is 6.46. The van der Waals surface area contributed by atoms with E-state index in [0.717, 1.165) is 16.5 Å². The summed E-state index contributed by atoms with van der Waals surface area (Å²) >= 11 is 4.72. The summed E-state index contributed by atoms with van der Waals surface area (Å²) < 4.78 is 2.51. The van der Waals surface area contributed by atoms with Crippen LogP contribution in [-0.2, 0) is 4.79 Å². The molecule has 2 aromatic carbocycles. The van der Waals surface area contributed by atoms with Crippen LogP contribution < -0.4 is 10.9 Å². The number of amides is 1. The molecule has 5 nitrogen and oxygen atoms in total. The first-order valence-corrected chi connectivity index (χ1v) is 11.0. The molecule has 146 valence electrons. The van der Waals surface area contributed by atoms with E-state index in [4.69, 9.17) is 4.98 Å². The molecule has 3 rings (SSSR count). The van der Waals surface area contributed by atoms with E-state index in [9.17, 15) is 9.59 Å². The highest BCUT2D eigenvalue weighted by molar-refractivity contribution is 9.10. The maximum Gasteiger partial charge on any atom is 0.262 e. The van der Waals surface area contributed by atoms with Crippen molar-refractivity contribution in [2.75, 3.05) is 12.3 Å². The van der Waals surface area contributed by atoms with Gasteiger partial charge in [-0.05, 0) is 37.1 Å². The predicted molar refractivity (Wildman–Crippen MR) is 118 cm³/mol. The number of hydrogen-bond donors (Lipinski definition) is 1. The van der Waals surface area contributed by atoms with Gasteiger partial charge in [-0.2, -0.15) is 0 Å². The Hall–Kier alpha value is -2.12. The standard InChI is InChI=1S/C21H22BrN3O2S/c1-3-11-23-19(26)13-28-21-24-18-10-9-16(22)12-17(18)20(27)25(21)14(2)15-7-5-4-6-8-15/h4-10,12,14H,3,11,13H2,1-2H3,(H,23,26). The van der Waals surface area contributed by atoms with Crippen LogP contribution in [0.1, 0.15) is 31.9 Å². The van der Waals surface area contributed by atoms with Gasteiger partial charge in [-0.25, -0.2) is 4.98 Å². The highest BCUT2D eigenvalue weighted by atomic mass is 79.9. The van der Waals surface area contributed by atoms with Crippen molar-refractivity contribution in [2.45, 2.75) is 31.5 Å². The first-order chi connectivity index (χ1) is 13.5. The summed E-state index contributed by atoms with van der Waals surface area (Å²) in [6, 6.07) is 15.1. The highest BCUT2D eigenvalue weighted by Crippen LogP contribution is 2.25. The predicted octanol–water partition coefficient (Wildman–Crippen LogP) is 4.39. The summed E-state index contributed by atoms with van der Waals surface area (Å²) in [5.74, 6) is 0.159. The van der Waals surface area contributed by atoms with Gasteiger partial charge in [0.05, 0.1) is 22.7 Å². The van der Waals surface area contributed by atoms with E-state index in [1.54, 1.807) is 10.6 Å². The topological polar surface area (TPSA) is 64.0 Å². The van der Waals surface area contributed by atoms with Crippen LogP contribution in [0, 0.1) is 0 Å². The molecule has 0 radical (unpaired) electrons. The summed E-state index contributed by atoms with van der Waals surface area (Å²) in [7, 11) is 0. The Labute approximate surface area is 176 Å². The Balaban J connectivity index is 2.06. The number of rotatable bonds is 7. The SMILES string of the molecule is CCCNC(=O)CSc1nc2ccc(Br)cc2c(=O)n1C(C)c1ccccc1. The minimum absolute atomic E-state index is 0.0593. The van der Waals surface area contributed by atoms with Gasteiger partial charge >= 0.3 is 0 Å². The Bertz CT molecular complexity index is 1040. The van der Waals surface area contributed by atoms with Gasteiger partial charge in [-0.15, -0.1) is 0 Å². The normalized spacial score (nSPS) is 12.1. The molecule has 1 heterocycles. The van der Waals surface area contributed by atoms with E-state index in [2.05, 4.69) is 21.2 Å². The third kappa shape index (κ3) is 4.64. The van der Waals surface area contributed by atoms with Crippen LogP contribution in [0.25, 0.3) is 10.9 Å². The van der Waals surface area contributed by atoms with E-state index >= 15 is 0 Å². The van der Waals surface area contributed by atoms with Crippen LogP contribution in [0.15, 0.2) is 63.0 Å². The minimum Gasteiger partial charge on any atom is -0.355 e. The van der Waals surface area contributed by atoms with Gasteiger partial charge in [0.25, 0.3) is 5.56 Å². The molecule has 0 aliphatic carbocycles. The van der Waals surface area contributed by atoms with Crippen molar-refractivity contribution in [3.05, 3.63) is 68.9 Å². The summed E-state index contributed by atoms with van der Waals surface area (Å²) in [6.45, 7) is 4.63. The molecule has 0 saturated carbocycles. The number of hydrogen-bond acceptors (Lipinski definition) is 4. The third-order valence-corrected chi connectivity index (χ3v) is 5.85. The van der Waals surface area contributed by atoms with Crippen molar-refractivity contribution in [2.24, 2.45) is 0 Å². The fraction of sp³-hybridized carbons (Fsp3) is 0.286. The smallest absolute Gasteiger partial charge is 0.262 e. The second-order valence-corrected chi connectivity index (χ2v) is 8.31. The van der Waals surface area contributed by atoms with Gasteiger partial charge < -0.3 is 5.32 Å². The second kappa shape index (κ2) is 9.39. The number of carbonyl (C=O) groups excluding carboxylic acids is 1. The molecule has 1 unspecified atom stereocenters. The third-order valence-electron chi connectivity index (χ3n) is 4.40. The van der Waals surface area contributed by atoms with Crippen molar-refractivity contribution >= 4 is 44.5 Å². The molecule has 28 heavy (non-hydrogen) atoms. The first kappa shape index (κ1) is 20.6. The van der Waals surface area contributed by atoms with Crippen molar-refractivity contribution in [3.8, 4) is 0 Å². The lowest BCUT2D eigenvalue weighted by molar-refractivity contribution is -0.118. The van der Waals surface area contributed by atoms with Gasteiger partial charge in [-0.1, -0.05) is 64.9 Å². The molecule has 1 N–H and O–H groups in total. The Morgan fingerprint density at radius 2 is 2.00 bits per heavy atom. The number of carbonyl (C=O) groups is 1. The zero-order chi connectivity index (χ0) is 20.1. The average molecular weight is 460 g/mol. The maximum absolute atomic E-state index is 13.3. The fourth-order valence-corrected chi connectivity index (χ4v) is 4.19. The molecule has 1 atom stereocenters. The summed E-state index contributed by atoms with van der Waals surface area (Å²) in [6.07, 6.45) is 0.884. The number of nitrogens with one attached hydrogen (secondary N) is 1. The number of benzene rings is 2. The van der Waals surface area contributed by atoms with Crippen LogP contribution in [0.4, 0.5) is 0 Å². The van der Waals surface area contributed by atoms with Crippen LogP contribution in [0.3, 0.4) is 0 Å². The molecule has 0 spiro atoms. The van der Waals surface area contributed by atoms with Gasteiger partial charge in [0.15, 0.2) is 5.16 Å². The average Bonchev–Trinajstić information content (AvgIpc) is 2.71. The van der Waals surface area contributed by atoms with Gasteiger partial charge in [0, 0.05) is 11.0 Å². The molecule has 0 bridgehead atoms. The molecular weight excluding hydrogens is 438 g/mol. The Morgan fingerprint density at radius 3 is 2.71 bits per heavy atom. The molecule has 0 aliphatic rings. The zero-order valence-electron chi connectivity index (χ0n) is 15.8. The number of aromatic nitrogens is 2. The molecule has 0 aliphatic heterocycles. The highest BCUT2D eigenvalue weighted by Gasteiger charge is 2.19. The largest absolute Gasteiger partial charge is 0.355 e. The Morgan fingerprint density at radius 1 is 1.25 bits per heavy atom. The maximum atomic E-state index is 13.3. The lowest BCUT2D eigenvalue weighted by atomic mass is 10.1. The van der Waals surface area contributed by atoms with E-state index < -0.39 is 0 Å². The van der Waals surface area contributed by atoms with Crippen molar-refractivity contribution in [3.63, 3.8) is 0 Å². The molecule has 0 fully saturated rings. The molecule has 7 heteroatoms. The van der Waals surface area contributed by atoms with E-state index in [1.165, 1.54) is 11.8 Å². The zero-order valence-corrected chi connectivity index (χ0v) is 18.2. The van der Waals surface area contributed by atoms with Crippen LogP contribution in [-0.4, -0.2) is 27.8 Å². The van der Waals surface area contributed by atoms with Crippen molar-refractivity contribution < 1.29 is 4.79 Å². The van der Waals surface area contributed by atoms with Gasteiger partial charge in [0.1, 0.15) is 0 Å². The van der Waals surface area contributed by atoms with Gasteiger partial charge in [0.2, 0.25) is 5.91 Å². The minimum atomic E-state index is -0.203. The van der Waals surface area contributed by atoms with Gasteiger partial charge in [-0.3, -0.25) is 14.2 Å². The van der Waals surface area contributed by atoms with Crippen LogP contribution >= 0.6 is 27.7 Å². The fourth-order valence-electron chi connectivity index (χ4n) is 2.92. The van der Waals surface area contributed by atoms with Crippen molar-refractivity contribution in [1.29, 1.82) is 0 Å². The van der Waals surface area contributed by atoms with Crippen LogP contribution in [0.2, 0.25) is 0 Å². The van der Waals surface area contributed by atoms with E-state index in [0.29, 0.717) is 22.6 Å². The van der Waals surface area contributed by atoms with Crippen molar-refractivity contribution in [1.82, 2.24) is 14.9 Å². The monoisotopic (exact) mass is 459 g/mol. The molecule has 1 aromatic heterocycles. The Kier molecular flexibility index (Phi) is 6.91. The summed E-state index contributed by atoms with van der Waals surface area (Å²) in [5.41, 5.74) is 1.53. The molecule has 0 saturated heterocycles. The number of nitrogens with zero attached hydrogens (tertiary/aromatic N) is 2. The summed E-state index contributed by atoms with van der Waals surface area (Å²) in [4.78, 5) is 30.1. The lowest BCUT2D eigenvalue weighted by Gasteiger charge is -2.20. The molecular formula is C21H22BrN3O2S. The molecule has 1 amide bonds. The first-order valence-electron chi connectivity index (χ1n) is 9.17. The summed E-state index contributed by atoms with van der Waals surface area (Å²) in [5, 5.41) is 3.96.